The van der Waals surface area contributed by atoms with Crippen LogP contribution in [0.5, 0.6) is 11.5 Å². The minimum atomic E-state index is 0.0581. The second-order valence-corrected chi connectivity index (χ2v) is 6.47. The standard InChI is InChI=1S/C21H22N2O3/c24-21(18-8-9-19-20(15-18)26-16-25-19)23-13-11-22(12-14-23)10-4-7-17-5-2-1-3-6-17/h1-9,15H,10-14,16H2. The van der Waals surface area contributed by atoms with Crippen LogP contribution < -0.4 is 9.47 Å². The molecule has 0 aliphatic carbocycles. The van der Waals surface area contributed by atoms with Crippen molar-refractivity contribution >= 4 is 12.0 Å². The van der Waals surface area contributed by atoms with Crippen molar-refractivity contribution in [2.75, 3.05) is 39.5 Å². The maximum Gasteiger partial charge on any atom is 0.254 e. The molecule has 0 unspecified atom stereocenters. The van der Waals surface area contributed by atoms with Crippen LogP contribution >= 0.6 is 0 Å². The zero-order valence-corrected chi connectivity index (χ0v) is 14.6. The van der Waals surface area contributed by atoms with Gasteiger partial charge in [-0.2, -0.15) is 0 Å². The summed E-state index contributed by atoms with van der Waals surface area (Å²) in [6.45, 7) is 4.38. The van der Waals surface area contributed by atoms with E-state index < -0.39 is 0 Å². The van der Waals surface area contributed by atoms with Crippen molar-refractivity contribution < 1.29 is 14.3 Å². The summed E-state index contributed by atoms with van der Waals surface area (Å²) in [6.07, 6.45) is 4.33. The van der Waals surface area contributed by atoms with Crippen molar-refractivity contribution in [1.82, 2.24) is 9.80 Å². The van der Waals surface area contributed by atoms with Crippen LogP contribution in [0.15, 0.2) is 54.6 Å². The molecular formula is C21H22N2O3. The third-order valence-electron chi connectivity index (χ3n) is 4.75. The van der Waals surface area contributed by atoms with Gasteiger partial charge in [0.15, 0.2) is 11.5 Å². The van der Waals surface area contributed by atoms with E-state index >= 15 is 0 Å². The van der Waals surface area contributed by atoms with Crippen molar-refractivity contribution in [2.45, 2.75) is 0 Å². The average Bonchev–Trinajstić information content (AvgIpc) is 3.17. The van der Waals surface area contributed by atoms with Gasteiger partial charge in [0, 0.05) is 38.3 Å². The van der Waals surface area contributed by atoms with Gasteiger partial charge in [-0.05, 0) is 23.8 Å². The Morgan fingerprint density at radius 1 is 0.962 bits per heavy atom. The zero-order valence-electron chi connectivity index (χ0n) is 14.6. The van der Waals surface area contributed by atoms with Crippen molar-refractivity contribution in [3.63, 3.8) is 0 Å². The lowest BCUT2D eigenvalue weighted by Gasteiger charge is -2.34. The topological polar surface area (TPSA) is 42.0 Å². The second-order valence-electron chi connectivity index (χ2n) is 6.47. The molecule has 2 aliphatic rings. The van der Waals surface area contributed by atoms with Crippen LogP contribution in [0, 0.1) is 0 Å². The van der Waals surface area contributed by atoms with Gasteiger partial charge in [0.05, 0.1) is 0 Å². The maximum atomic E-state index is 12.7. The van der Waals surface area contributed by atoms with E-state index in [2.05, 4.69) is 29.2 Å². The third-order valence-corrected chi connectivity index (χ3v) is 4.75. The number of fused-ring (bicyclic) bond motifs is 1. The van der Waals surface area contributed by atoms with E-state index in [0.717, 1.165) is 32.7 Å². The lowest BCUT2D eigenvalue weighted by atomic mass is 10.1. The number of amides is 1. The van der Waals surface area contributed by atoms with Crippen LogP contribution in [0.3, 0.4) is 0 Å². The fourth-order valence-corrected chi connectivity index (χ4v) is 3.25. The smallest absolute Gasteiger partial charge is 0.254 e. The number of hydrogen-bond acceptors (Lipinski definition) is 4. The van der Waals surface area contributed by atoms with Crippen LogP contribution in [0.4, 0.5) is 0 Å². The van der Waals surface area contributed by atoms with Gasteiger partial charge >= 0.3 is 0 Å². The van der Waals surface area contributed by atoms with Crippen LogP contribution in [0.2, 0.25) is 0 Å². The monoisotopic (exact) mass is 350 g/mol. The molecule has 0 atom stereocenters. The van der Waals surface area contributed by atoms with E-state index in [9.17, 15) is 4.79 Å². The van der Waals surface area contributed by atoms with Gasteiger partial charge in [-0.25, -0.2) is 0 Å². The fraction of sp³-hybridized carbons (Fsp3) is 0.286. The Morgan fingerprint density at radius 2 is 1.73 bits per heavy atom. The second kappa shape index (κ2) is 7.62. The Morgan fingerprint density at radius 3 is 2.54 bits per heavy atom. The first-order chi connectivity index (χ1) is 12.8. The molecule has 0 spiro atoms. The summed E-state index contributed by atoms with van der Waals surface area (Å²) in [6, 6.07) is 15.7. The molecular weight excluding hydrogens is 328 g/mol. The highest BCUT2D eigenvalue weighted by molar-refractivity contribution is 5.95. The molecule has 0 saturated carbocycles. The molecule has 2 aromatic carbocycles. The Hall–Kier alpha value is -2.79. The van der Waals surface area contributed by atoms with Crippen LogP contribution in [-0.4, -0.2) is 55.2 Å². The first kappa shape index (κ1) is 16.7. The summed E-state index contributed by atoms with van der Waals surface area (Å²) in [4.78, 5) is 17.0. The fourth-order valence-electron chi connectivity index (χ4n) is 3.25. The number of nitrogens with zero attached hydrogens (tertiary/aromatic N) is 2. The molecule has 4 rings (SSSR count). The molecule has 5 heteroatoms. The molecule has 1 saturated heterocycles. The number of ether oxygens (including phenoxy) is 2. The van der Waals surface area contributed by atoms with Gasteiger partial charge in [0.1, 0.15) is 0 Å². The van der Waals surface area contributed by atoms with Gasteiger partial charge in [0.2, 0.25) is 6.79 Å². The van der Waals surface area contributed by atoms with E-state index in [1.54, 1.807) is 12.1 Å². The number of rotatable bonds is 4. The molecule has 134 valence electrons. The lowest BCUT2D eigenvalue weighted by molar-refractivity contribution is 0.0650. The average molecular weight is 350 g/mol. The van der Waals surface area contributed by atoms with E-state index in [-0.39, 0.29) is 12.7 Å². The SMILES string of the molecule is O=C(c1ccc2c(c1)OCO2)N1CCN(CC=Cc2ccccc2)CC1. The van der Waals surface area contributed by atoms with Gasteiger partial charge < -0.3 is 14.4 Å². The molecule has 5 nitrogen and oxygen atoms in total. The Bertz CT molecular complexity index is 796. The van der Waals surface area contributed by atoms with Crippen molar-refractivity contribution in [2.24, 2.45) is 0 Å². The quantitative estimate of drug-likeness (QED) is 0.850. The van der Waals surface area contributed by atoms with Gasteiger partial charge in [-0.15, -0.1) is 0 Å². The van der Waals surface area contributed by atoms with Crippen molar-refractivity contribution in [1.29, 1.82) is 0 Å². The third kappa shape index (κ3) is 3.73. The Balaban J connectivity index is 1.29. The molecule has 2 aromatic rings. The highest BCUT2D eigenvalue weighted by Gasteiger charge is 2.23. The van der Waals surface area contributed by atoms with Crippen LogP contribution in [0.1, 0.15) is 15.9 Å². The van der Waals surface area contributed by atoms with Gasteiger partial charge in [-0.3, -0.25) is 9.69 Å². The molecule has 2 heterocycles. The number of benzene rings is 2. The Labute approximate surface area is 153 Å². The predicted octanol–water partition coefficient (Wildman–Crippen LogP) is 2.89. The molecule has 1 fully saturated rings. The summed E-state index contributed by atoms with van der Waals surface area (Å²) in [5.74, 6) is 1.42. The van der Waals surface area contributed by atoms with E-state index in [1.165, 1.54) is 5.56 Å². The summed E-state index contributed by atoms with van der Waals surface area (Å²) in [5.41, 5.74) is 1.87. The predicted molar refractivity (Wildman–Crippen MR) is 100 cm³/mol. The zero-order chi connectivity index (χ0) is 17.8. The largest absolute Gasteiger partial charge is 0.454 e. The minimum absolute atomic E-state index is 0.0581. The Kier molecular flexibility index (Phi) is 4.88. The number of hydrogen-bond donors (Lipinski definition) is 0. The lowest BCUT2D eigenvalue weighted by Crippen LogP contribution is -2.48. The molecule has 0 radical (unpaired) electrons. The molecule has 26 heavy (non-hydrogen) atoms. The summed E-state index contributed by atoms with van der Waals surface area (Å²) in [7, 11) is 0. The highest BCUT2D eigenvalue weighted by atomic mass is 16.7. The molecule has 1 amide bonds. The molecule has 0 aromatic heterocycles. The van der Waals surface area contributed by atoms with Crippen LogP contribution in [0.25, 0.3) is 6.08 Å². The molecule has 2 aliphatic heterocycles. The first-order valence-corrected chi connectivity index (χ1v) is 8.92. The number of carbonyl (C=O) groups is 1. The van der Waals surface area contributed by atoms with Crippen LogP contribution in [-0.2, 0) is 0 Å². The number of carbonyl (C=O) groups excluding carboxylic acids is 1. The van der Waals surface area contributed by atoms with E-state index in [4.69, 9.17) is 9.47 Å². The van der Waals surface area contributed by atoms with E-state index in [1.807, 2.05) is 29.2 Å². The summed E-state index contributed by atoms with van der Waals surface area (Å²) < 4.78 is 10.7. The number of piperazine rings is 1. The van der Waals surface area contributed by atoms with Crippen molar-refractivity contribution in [3.8, 4) is 11.5 Å². The molecule has 0 N–H and O–H groups in total. The van der Waals surface area contributed by atoms with Gasteiger partial charge in [0.25, 0.3) is 5.91 Å². The summed E-state index contributed by atoms with van der Waals surface area (Å²) >= 11 is 0. The summed E-state index contributed by atoms with van der Waals surface area (Å²) in [5, 5.41) is 0. The van der Waals surface area contributed by atoms with Crippen molar-refractivity contribution in [3.05, 3.63) is 65.7 Å². The maximum absolute atomic E-state index is 12.7. The highest BCUT2D eigenvalue weighted by Crippen LogP contribution is 2.32. The van der Waals surface area contributed by atoms with Gasteiger partial charge in [-0.1, -0.05) is 42.5 Å². The molecule has 0 bridgehead atoms. The normalized spacial score (nSPS) is 17.0. The first-order valence-electron chi connectivity index (χ1n) is 8.92. The van der Waals surface area contributed by atoms with E-state index in [0.29, 0.717) is 17.1 Å². The minimum Gasteiger partial charge on any atom is -0.454 e.